The number of hydrogen-bond acceptors (Lipinski definition) is 3. The fraction of sp³-hybridized carbons (Fsp3) is 0.810. The number of carbonyl (C=O) groups is 2. The Hall–Kier alpha value is -0.960. The molecule has 0 amide bonds. The van der Waals surface area contributed by atoms with Gasteiger partial charge in [0.2, 0.25) is 0 Å². The van der Waals surface area contributed by atoms with Crippen molar-refractivity contribution in [1.82, 2.24) is 0 Å². The Kier molecular flexibility index (Phi) is 3.62. The summed E-state index contributed by atoms with van der Waals surface area (Å²) in [5.74, 6) is 2.31. The van der Waals surface area contributed by atoms with Crippen molar-refractivity contribution in [2.24, 2.45) is 40.4 Å². The normalized spacial score (nSPS) is 53.2. The van der Waals surface area contributed by atoms with Crippen molar-refractivity contribution in [1.29, 1.82) is 0 Å². The van der Waals surface area contributed by atoms with Crippen molar-refractivity contribution in [3.8, 4) is 0 Å². The van der Waals surface area contributed by atoms with Crippen molar-refractivity contribution in [2.75, 3.05) is 0 Å². The summed E-state index contributed by atoms with van der Waals surface area (Å²) in [6, 6.07) is 0. The van der Waals surface area contributed by atoms with E-state index in [2.05, 4.69) is 19.9 Å². The van der Waals surface area contributed by atoms with Gasteiger partial charge in [-0.25, -0.2) is 0 Å². The zero-order valence-corrected chi connectivity index (χ0v) is 15.1. The van der Waals surface area contributed by atoms with Crippen LogP contribution in [0.1, 0.15) is 59.3 Å². The standard InChI is InChI=1S/C21H30O3/c1-12(22)16-6-7-17-15-5-4-13-10-14(23)8-9-20(13,2)19(15)18(24)11-21(16,17)3/h8-9,13,15-19,24H,4-7,10-11H2,1-3H3/t13?,15?,16?,17?,18-,19?,20+,21-/m1/s1. The first-order valence-electron chi connectivity index (χ1n) is 9.68. The van der Waals surface area contributed by atoms with Crippen molar-refractivity contribution in [3.05, 3.63) is 12.2 Å². The summed E-state index contributed by atoms with van der Waals surface area (Å²) >= 11 is 0. The van der Waals surface area contributed by atoms with Gasteiger partial charge in [-0.15, -0.1) is 0 Å². The van der Waals surface area contributed by atoms with Gasteiger partial charge >= 0.3 is 0 Å². The number of ketones is 2. The molecular weight excluding hydrogens is 300 g/mol. The van der Waals surface area contributed by atoms with Crippen LogP contribution in [0.2, 0.25) is 0 Å². The number of rotatable bonds is 1. The zero-order valence-electron chi connectivity index (χ0n) is 15.1. The first kappa shape index (κ1) is 16.5. The molecule has 24 heavy (non-hydrogen) atoms. The molecular formula is C21H30O3. The quantitative estimate of drug-likeness (QED) is 0.800. The van der Waals surface area contributed by atoms with E-state index < -0.39 is 0 Å². The highest BCUT2D eigenvalue weighted by atomic mass is 16.3. The van der Waals surface area contributed by atoms with Crippen LogP contribution in [-0.4, -0.2) is 22.8 Å². The number of hydrogen-bond donors (Lipinski definition) is 1. The highest BCUT2D eigenvalue weighted by Crippen LogP contribution is 2.66. The Bertz CT molecular complexity index is 608. The maximum Gasteiger partial charge on any atom is 0.155 e. The first-order valence-corrected chi connectivity index (χ1v) is 9.68. The minimum atomic E-state index is -0.359. The van der Waals surface area contributed by atoms with Gasteiger partial charge in [0, 0.05) is 12.3 Å². The van der Waals surface area contributed by atoms with Gasteiger partial charge < -0.3 is 5.11 Å². The molecule has 4 aliphatic rings. The predicted octanol–water partition coefficient (Wildman–Crippen LogP) is 3.55. The van der Waals surface area contributed by atoms with Crippen LogP contribution in [0.3, 0.4) is 0 Å². The molecule has 4 aliphatic carbocycles. The van der Waals surface area contributed by atoms with E-state index in [9.17, 15) is 14.7 Å². The van der Waals surface area contributed by atoms with E-state index in [1.807, 2.05) is 0 Å². The van der Waals surface area contributed by atoms with Crippen LogP contribution in [0.15, 0.2) is 12.2 Å². The van der Waals surface area contributed by atoms with Crippen molar-refractivity contribution < 1.29 is 14.7 Å². The van der Waals surface area contributed by atoms with E-state index in [0.29, 0.717) is 30.0 Å². The van der Waals surface area contributed by atoms with Gasteiger partial charge in [-0.3, -0.25) is 9.59 Å². The van der Waals surface area contributed by atoms with Gasteiger partial charge in [0.15, 0.2) is 5.78 Å². The summed E-state index contributed by atoms with van der Waals surface area (Å²) in [5.41, 5.74) is -0.101. The van der Waals surface area contributed by atoms with Crippen LogP contribution >= 0.6 is 0 Å². The number of aliphatic hydroxyl groups excluding tert-OH is 1. The van der Waals surface area contributed by atoms with Crippen LogP contribution in [0.5, 0.6) is 0 Å². The largest absolute Gasteiger partial charge is 0.393 e. The van der Waals surface area contributed by atoms with Crippen LogP contribution in [0.25, 0.3) is 0 Å². The second-order valence-electron chi connectivity index (χ2n) is 9.46. The molecule has 0 heterocycles. The van der Waals surface area contributed by atoms with Gasteiger partial charge in [-0.05, 0) is 79.6 Å². The lowest BCUT2D eigenvalue weighted by molar-refractivity contribution is -0.155. The van der Waals surface area contributed by atoms with Gasteiger partial charge in [0.05, 0.1) is 6.10 Å². The van der Waals surface area contributed by atoms with E-state index in [1.165, 1.54) is 0 Å². The zero-order chi connectivity index (χ0) is 17.3. The molecule has 5 unspecified atom stereocenters. The minimum absolute atomic E-state index is 0.0379. The predicted molar refractivity (Wildman–Crippen MR) is 92.2 cm³/mol. The molecule has 3 fully saturated rings. The van der Waals surface area contributed by atoms with Crippen molar-refractivity contribution in [2.45, 2.75) is 65.4 Å². The van der Waals surface area contributed by atoms with Gasteiger partial charge in [0.25, 0.3) is 0 Å². The van der Waals surface area contributed by atoms with E-state index in [-0.39, 0.29) is 34.6 Å². The molecule has 0 aromatic heterocycles. The molecule has 3 saturated carbocycles. The topological polar surface area (TPSA) is 54.4 Å². The molecule has 0 spiro atoms. The number of Topliss-reactive ketones (excluding diaryl/α,β-unsaturated/α-hetero) is 1. The minimum Gasteiger partial charge on any atom is -0.393 e. The summed E-state index contributed by atoms with van der Waals surface area (Å²) in [5, 5.41) is 11.2. The maximum absolute atomic E-state index is 12.2. The lowest BCUT2D eigenvalue weighted by Gasteiger charge is -2.60. The van der Waals surface area contributed by atoms with Crippen LogP contribution in [0, 0.1) is 40.4 Å². The number of allylic oxidation sites excluding steroid dienone is 2. The fourth-order valence-electron chi connectivity index (χ4n) is 7.43. The summed E-state index contributed by atoms with van der Waals surface area (Å²) in [7, 11) is 0. The third kappa shape index (κ3) is 2.06. The molecule has 8 atom stereocenters. The van der Waals surface area contributed by atoms with Crippen LogP contribution in [0.4, 0.5) is 0 Å². The van der Waals surface area contributed by atoms with E-state index in [4.69, 9.17) is 0 Å². The molecule has 3 nitrogen and oxygen atoms in total. The second kappa shape index (κ2) is 5.27. The Morgan fingerprint density at radius 3 is 2.67 bits per heavy atom. The lowest BCUT2D eigenvalue weighted by atomic mass is 9.45. The third-order valence-electron chi connectivity index (χ3n) is 8.46. The average Bonchev–Trinajstić information content (AvgIpc) is 2.84. The molecule has 3 heteroatoms. The Balaban J connectivity index is 1.72. The Morgan fingerprint density at radius 1 is 1.21 bits per heavy atom. The lowest BCUT2D eigenvalue weighted by Crippen LogP contribution is -2.58. The van der Waals surface area contributed by atoms with Gasteiger partial charge in [-0.1, -0.05) is 19.9 Å². The monoisotopic (exact) mass is 330 g/mol. The van der Waals surface area contributed by atoms with Crippen LogP contribution in [-0.2, 0) is 9.59 Å². The summed E-state index contributed by atoms with van der Waals surface area (Å²) in [4.78, 5) is 24.0. The third-order valence-corrected chi connectivity index (χ3v) is 8.46. The number of fused-ring (bicyclic) bond motifs is 5. The number of aliphatic hydroxyl groups is 1. The van der Waals surface area contributed by atoms with Crippen LogP contribution < -0.4 is 0 Å². The summed E-state index contributed by atoms with van der Waals surface area (Å²) in [6.07, 6.45) is 9.19. The molecule has 4 rings (SSSR count). The molecule has 0 saturated heterocycles. The van der Waals surface area contributed by atoms with Crippen molar-refractivity contribution >= 4 is 11.6 Å². The highest BCUT2D eigenvalue weighted by Gasteiger charge is 2.63. The molecule has 1 N–H and O–H groups in total. The summed E-state index contributed by atoms with van der Waals surface area (Å²) in [6.45, 7) is 6.25. The highest BCUT2D eigenvalue weighted by molar-refractivity contribution is 5.91. The second-order valence-corrected chi connectivity index (χ2v) is 9.46. The molecule has 132 valence electrons. The van der Waals surface area contributed by atoms with E-state index >= 15 is 0 Å². The fourth-order valence-corrected chi connectivity index (χ4v) is 7.43. The van der Waals surface area contributed by atoms with Gasteiger partial charge in [0.1, 0.15) is 5.78 Å². The molecule has 0 bridgehead atoms. The van der Waals surface area contributed by atoms with Gasteiger partial charge in [-0.2, -0.15) is 0 Å². The SMILES string of the molecule is CC(=O)C1CCC2C3CCC4CC(=O)C=C[C@]4(C)C3[C@H](O)C[C@]12C. The number of carbonyl (C=O) groups excluding carboxylic acids is 2. The van der Waals surface area contributed by atoms with Crippen molar-refractivity contribution in [3.63, 3.8) is 0 Å². The Labute approximate surface area is 144 Å². The first-order chi connectivity index (χ1) is 11.3. The summed E-state index contributed by atoms with van der Waals surface area (Å²) < 4.78 is 0. The Morgan fingerprint density at radius 2 is 1.96 bits per heavy atom. The molecule has 0 aliphatic heterocycles. The smallest absolute Gasteiger partial charge is 0.155 e. The molecule has 0 radical (unpaired) electrons. The molecule has 0 aromatic rings. The molecule has 0 aromatic carbocycles. The van der Waals surface area contributed by atoms with E-state index in [1.54, 1.807) is 13.0 Å². The maximum atomic E-state index is 12.2. The van der Waals surface area contributed by atoms with E-state index in [0.717, 1.165) is 32.1 Å². The average molecular weight is 330 g/mol.